The van der Waals surface area contributed by atoms with Crippen LogP contribution >= 0.6 is 15.9 Å². The number of aliphatic hydroxyl groups is 1. The molecular formula is C12H15BrO3. The summed E-state index contributed by atoms with van der Waals surface area (Å²) < 4.78 is 5.52. The minimum Gasteiger partial charge on any atom is -0.469 e. The molecule has 88 valence electrons. The molecule has 0 fully saturated rings. The van der Waals surface area contributed by atoms with Gasteiger partial charge in [-0.15, -0.1) is 0 Å². The van der Waals surface area contributed by atoms with Crippen LogP contribution in [0.2, 0.25) is 0 Å². The van der Waals surface area contributed by atoms with Crippen LogP contribution < -0.4 is 0 Å². The Hall–Kier alpha value is -0.870. The highest BCUT2D eigenvalue weighted by Gasteiger charge is 2.18. The van der Waals surface area contributed by atoms with Gasteiger partial charge in [-0.25, -0.2) is 0 Å². The first-order valence-corrected chi connectivity index (χ1v) is 5.85. The maximum Gasteiger partial charge on any atom is 0.308 e. The molecule has 1 rings (SSSR count). The van der Waals surface area contributed by atoms with Crippen LogP contribution in [-0.4, -0.2) is 18.2 Å². The second-order valence-corrected chi connectivity index (χ2v) is 4.65. The lowest BCUT2D eigenvalue weighted by Gasteiger charge is -2.15. The summed E-state index contributed by atoms with van der Waals surface area (Å²) in [5.74, 6) is -0.604. The molecule has 2 atom stereocenters. The van der Waals surface area contributed by atoms with Gasteiger partial charge >= 0.3 is 5.97 Å². The maximum atomic E-state index is 11.2. The third-order valence-corrected chi connectivity index (χ3v) is 2.91. The molecule has 4 heteroatoms. The van der Waals surface area contributed by atoms with Gasteiger partial charge < -0.3 is 9.84 Å². The van der Waals surface area contributed by atoms with Crippen molar-refractivity contribution in [2.45, 2.75) is 19.4 Å². The Labute approximate surface area is 104 Å². The van der Waals surface area contributed by atoms with E-state index in [0.717, 1.165) is 10.0 Å². The number of carbonyl (C=O) groups excluding carboxylic acids is 1. The van der Waals surface area contributed by atoms with E-state index in [9.17, 15) is 9.90 Å². The van der Waals surface area contributed by atoms with Gasteiger partial charge in [0.1, 0.15) is 0 Å². The van der Waals surface area contributed by atoms with E-state index in [-0.39, 0.29) is 11.9 Å². The van der Waals surface area contributed by atoms with Crippen molar-refractivity contribution in [1.82, 2.24) is 0 Å². The van der Waals surface area contributed by atoms with Crippen LogP contribution in [0.5, 0.6) is 0 Å². The summed E-state index contributed by atoms with van der Waals surface area (Å²) in [4.78, 5) is 11.2. The van der Waals surface area contributed by atoms with Gasteiger partial charge in [0.15, 0.2) is 0 Å². The van der Waals surface area contributed by atoms with Crippen LogP contribution in [-0.2, 0) is 9.53 Å². The Morgan fingerprint density at radius 3 is 2.81 bits per heavy atom. The molecule has 0 heterocycles. The lowest BCUT2D eigenvalue weighted by atomic mass is 9.98. The van der Waals surface area contributed by atoms with Crippen LogP contribution in [0.25, 0.3) is 0 Å². The van der Waals surface area contributed by atoms with E-state index in [4.69, 9.17) is 0 Å². The third-order valence-electron chi connectivity index (χ3n) is 2.41. The van der Waals surface area contributed by atoms with E-state index >= 15 is 0 Å². The number of benzene rings is 1. The number of esters is 1. The van der Waals surface area contributed by atoms with Gasteiger partial charge in [0.2, 0.25) is 0 Å². The van der Waals surface area contributed by atoms with E-state index in [2.05, 4.69) is 20.7 Å². The largest absolute Gasteiger partial charge is 0.469 e. The number of ether oxygens (including phenoxy) is 1. The molecule has 0 saturated carbocycles. The predicted molar refractivity (Wildman–Crippen MR) is 64.9 cm³/mol. The lowest BCUT2D eigenvalue weighted by molar-refractivity contribution is -0.145. The molecule has 0 radical (unpaired) electrons. The van der Waals surface area contributed by atoms with Crippen molar-refractivity contribution >= 4 is 21.9 Å². The molecule has 0 amide bonds. The van der Waals surface area contributed by atoms with Gasteiger partial charge in [-0.05, 0) is 24.1 Å². The molecule has 0 aromatic heterocycles. The second-order valence-electron chi connectivity index (χ2n) is 3.73. The molecular weight excluding hydrogens is 272 g/mol. The van der Waals surface area contributed by atoms with Gasteiger partial charge in [-0.2, -0.15) is 0 Å². The van der Waals surface area contributed by atoms with Crippen molar-refractivity contribution in [2.24, 2.45) is 5.92 Å². The molecule has 1 aromatic carbocycles. The zero-order valence-corrected chi connectivity index (χ0v) is 10.9. The number of rotatable bonds is 4. The average molecular weight is 287 g/mol. The van der Waals surface area contributed by atoms with Crippen molar-refractivity contribution in [3.63, 3.8) is 0 Å². The maximum absolute atomic E-state index is 11.2. The molecule has 0 aliphatic carbocycles. The molecule has 2 unspecified atom stereocenters. The second kappa shape index (κ2) is 6.01. The van der Waals surface area contributed by atoms with Gasteiger partial charge in [0.25, 0.3) is 0 Å². The van der Waals surface area contributed by atoms with Gasteiger partial charge in [0, 0.05) is 4.47 Å². The minimum atomic E-state index is -0.647. The molecule has 0 bridgehead atoms. The quantitative estimate of drug-likeness (QED) is 0.866. The number of carbonyl (C=O) groups is 1. The molecule has 0 aliphatic heterocycles. The fourth-order valence-electron chi connectivity index (χ4n) is 1.48. The summed E-state index contributed by atoms with van der Waals surface area (Å²) >= 11 is 3.34. The van der Waals surface area contributed by atoms with Gasteiger partial charge in [0.05, 0.1) is 19.1 Å². The normalized spacial score (nSPS) is 14.2. The van der Waals surface area contributed by atoms with E-state index in [1.54, 1.807) is 6.92 Å². The van der Waals surface area contributed by atoms with E-state index in [1.165, 1.54) is 7.11 Å². The van der Waals surface area contributed by atoms with Crippen molar-refractivity contribution in [3.8, 4) is 0 Å². The Bertz CT molecular complexity index is 365. The molecule has 0 saturated heterocycles. The Morgan fingerprint density at radius 2 is 2.25 bits per heavy atom. The molecule has 0 aliphatic rings. The fourth-order valence-corrected chi connectivity index (χ4v) is 1.90. The van der Waals surface area contributed by atoms with Gasteiger partial charge in [-0.1, -0.05) is 35.0 Å². The smallest absolute Gasteiger partial charge is 0.308 e. The predicted octanol–water partition coefficient (Wildman–Crippen LogP) is 2.68. The van der Waals surface area contributed by atoms with E-state index in [0.29, 0.717) is 6.42 Å². The van der Waals surface area contributed by atoms with E-state index < -0.39 is 6.10 Å². The van der Waals surface area contributed by atoms with Crippen LogP contribution in [0, 0.1) is 5.92 Å². The highest BCUT2D eigenvalue weighted by molar-refractivity contribution is 9.10. The van der Waals surface area contributed by atoms with E-state index in [1.807, 2.05) is 24.3 Å². The van der Waals surface area contributed by atoms with Crippen molar-refractivity contribution in [2.75, 3.05) is 7.11 Å². The first kappa shape index (κ1) is 13.2. The summed E-state index contributed by atoms with van der Waals surface area (Å²) in [7, 11) is 1.35. The SMILES string of the molecule is COC(=O)C(C)CC(O)c1cccc(Br)c1. The number of aliphatic hydroxyl groups excluding tert-OH is 1. The van der Waals surface area contributed by atoms with Crippen LogP contribution in [0.1, 0.15) is 25.0 Å². The standard InChI is InChI=1S/C12H15BrO3/c1-8(12(15)16-2)6-11(14)9-4-3-5-10(13)7-9/h3-5,7-8,11,14H,6H2,1-2H3. The molecule has 1 aromatic rings. The van der Waals surface area contributed by atoms with Crippen LogP contribution in [0.3, 0.4) is 0 Å². The van der Waals surface area contributed by atoms with Crippen LogP contribution in [0.15, 0.2) is 28.7 Å². The Kier molecular flexibility index (Phi) is 4.96. The highest BCUT2D eigenvalue weighted by Crippen LogP contribution is 2.24. The summed E-state index contributed by atoms with van der Waals surface area (Å²) in [5, 5.41) is 9.93. The topological polar surface area (TPSA) is 46.5 Å². The Morgan fingerprint density at radius 1 is 1.56 bits per heavy atom. The van der Waals surface area contributed by atoms with Crippen LogP contribution in [0.4, 0.5) is 0 Å². The Balaban J connectivity index is 2.65. The molecule has 3 nitrogen and oxygen atoms in total. The lowest BCUT2D eigenvalue weighted by Crippen LogP contribution is -2.15. The number of halogens is 1. The number of methoxy groups -OCH3 is 1. The number of hydrogen-bond donors (Lipinski definition) is 1. The molecule has 0 spiro atoms. The highest BCUT2D eigenvalue weighted by atomic mass is 79.9. The van der Waals surface area contributed by atoms with Crippen molar-refractivity contribution < 1.29 is 14.6 Å². The summed E-state index contributed by atoms with van der Waals surface area (Å²) in [6, 6.07) is 7.42. The first-order valence-electron chi connectivity index (χ1n) is 5.06. The van der Waals surface area contributed by atoms with Gasteiger partial charge in [-0.3, -0.25) is 4.79 Å². The fraction of sp³-hybridized carbons (Fsp3) is 0.417. The summed E-state index contributed by atoms with van der Waals surface area (Å²) in [6.45, 7) is 1.74. The molecule has 1 N–H and O–H groups in total. The van der Waals surface area contributed by atoms with Crippen molar-refractivity contribution in [1.29, 1.82) is 0 Å². The number of hydrogen-bond acceptors (Lipinski definition) is 3. The summed E-state index contributed by atoms with van der Waals surface area (Å²) in [6.07, 6.45) is -0.282. The zero-order valence-electron chi connectivity index (χ0n) is 9.31. The summed E-state index contributed by atoms with van der Waals surface area (Å²) in [5.41, 5.74) is 0.796. The first-order chi connectivity index (χ1) is 7.54. The molecule has 16 heavy (non-hydrogen) atoms. The van der Waals surface area contributed by atoms with Crippen molar-refractivity contribution in [3.05, 3.63) is 34.3 Å². The average Bonchev–Trinajstić information content (AvgIpc) is 2.27. The third kappa shape index (κ3) is 3.61. The zero-order chi connectivity index (χ0) is 12.1. The monoisotopic (exact) mass is 286 g/mol. The minimum absolute atomic E-state index is 0.297.